The zero-order valence-electron chi connectivity index (χ0n) is 16.5. The van der Waals surface area contributed by atoms with E-state index in [1.54, 1.807) is 24.3 Å². The van der Waals surface area contributed by atoms with Gasteiger partial charge in [-0.15, -0.1) is 0 Å². The summed E-state index contributed by atoms with van der Waals surface area (Å²) in [5.41, 5.74) is -1.18. The van der Waals surface area contributed by atoms with E-state index < -0.39 is 23.5 Å². The standard InChI is InChI=1S/C21H12BrCl2F3N4O2/c1-33-15-8-12(23)6-7-13(15)29-20(32)18-17(24)19-28-14(10-2-4-11(22)5-3-10)9-16(21(25,26)27)31(19)30-18/h2-9H,1H3,(H,29,32). The molecule has 1 amide bonds. The van der Waals surface area contributed by atoms with Crippen molar-refractivity contribution in [3.8, 4) is 17.0 Å². The number of nitrogens with zero attached hydrogens (tertiary/aromatic N) is 3. The first kappa shape index (κ1) is 23.3. The fraction of sp³-hybridized carbons (Fsp3) is 0.0952. The molecule has 0 saturated heterocycles. The van der Waals surface area contributed by atoms with Crippen LogP contribution in [-0.4, -0.2) is 27.6 Å². The third kappa shape index (κ3) is 4.64. The van der Waals surface area contributed by atoms with Crippen LogP contribution in [0.4, 0.5) is 18.9 Å². The van der Waals surface area contributed by atoms with Crippen molar-refractivity contribution in [3.05, 3.63) is 74.4 Å². The van der Waals surface area contributed by atoms with Gasteiger partial charge in [0.25, 0.3) is 5.91 Å². The number of carbonyl (C=O) groups is 1. The Bertz CT molecular complexity index is 1370. The summed E-state index contributed by atoms with van der Waals surface area (Å²) in [6.45, 7) is 0. The maximum absolute atomic E-state index is 13.8. The molecule has 2 aromatic carbocycles. The molecule has 2 heterocycles. The SMILES string of the molecule is COc1cc(Cl)ccc1NC(=O)c1nn2c(C(F)(F)F)cc(-c3ccc(Br)cc3)nc2c1Cl. The van der Waals surface area contributed by atoms with Crippen molar-refractivity contribution in [3.63, 3.8) is 0 Å². The number of methoxy groups -OCH3 is 1. The van der Waals surface area contributed by atoms with Crippen LogP contribution >= 0.6 is 39.1 Å². The second kappa shape index (κ2) is 8.85. The van der Waals surface area contributed by atoms with Gasteiger partial charge in [0, 0.05) is 21.1 Å². The summed E-state index contributed by atoms with van der Waals surface area (Å²) in [5.74, 6) is -0.591. The van der Waals surface area contributed by atoms with Gasteiger partial charge in [0.15, 0.2) is 17.0 Å². The average Bonchev–Trinajstić information content (AvgIpc) is 3.10. The minimum atomic E-state index is -4.78. The highest BCUT2D eigenvalue weighted by Crippen LogP contribution is 2.35. The van der Waals surface area contributed by atoms with Gasteiger partial charge in [-0.05, 0) is 30.3 Å². The maximum atomic E-state index is 13.8. The van der Waals surface area contributed by atoms with E-state index in [1.807, 2.05) is 0 Å². The van der Waals surface area contributed by atoms with Gasteiger partial charge in [-0.3, -0.25) is 4.79 Å². The first-order chi connectivity index (χ1) is 15.6. The van der Waals surface area contributed by atoms with Crippen LogP contribution < -0.4 is 10.1 Å². The van der Waals surface area contributed by atoms with Crippen LogP contribution in [0.25, 0.3) is 16.9 Å². The van der Waals surface area contributed by atoms with E-state index in [1.165, 1.54) is 25.3 Å². The van der Waals surface area contributed by atoms with Crippen molar-refractivity contribution in [1.82, 2.24) is 14.6 Å². The molecule has 0 aliphatic heterocycles. The number of amides is 1. The zero-order valence-corrected chi connectivity index (χ0v) is 19.6. The van der Waals surface area contributed by atoms with Crippen molar-refractivity contribution in [1.29, 1.82) is 0 Å². The molecule has 0 bridgehead atoms. The number of aromatic nitrogens is 3. The van der Waals surface area contributed by atoms with Gasteiger partial charge in [-0.2, -0.15) is 18.3 Å². The number of nitrogens with one attached hydrogen (secondary N) is 1. The van der Waals surface area contributed by atoms with Gasteiger partial charge in [0.05, 0.1) is 18.5 Å². The lowest BCUT2D eigenvalue weighted by atomic mass is 10.1. The molecule has 0 atom stereocenters. The molecule has 170 valence electrons. The second-order valence-corrected chi connectivity index (χ2v) is 8.46. The van der Waals surface area contributed by atoms with Crippen molar-refractivity contribution < 1.29 is 22.7 Å². The molecule has 0 saturated carbocycles. The number of hydrogen-bond donors (Lipinski definition) is 1. The molecular weight excluding hydrogens is 548 g/mol. The molecule has 1 N–H and O–H groups in total. The predicted octanol–water partition coefficient (Wildman–Crippen LogP) is 6.75. The number of benzene rings is 2. The van der Waals surface area contributed by atoms with Gasteiger partial charge in [-0.1, -0.05) is 51.3 Å². The molecule has 0 fully saturated rings. The topological polar surface area (TPSA) is 68.5 Å². The highest BCUT2D eigenvalue weighted by molar-refractivity contribution is 9.10. The number of hydrogen-bond acceptors (Lipinski definition) is 4. The van der Waals surface area contributed by atoms with E-state index in [2.05, 4.69) is 31.3 Å². The van der Waals surface area contributed by atoms with E-state index >= 15 is 0 Å². The van der Waals surface area contributed by atoms with E-state index in [4.69, 9.17) is 27.9 Å². The van der Waals surface area contributed by atoms with Crippen molar-refractivity contribution in [2.45, 2.75) is 6.18 Å². The molecule has 0 spiro atoms. The Morgan fingerprint density at radius 1 is 1.12 bits per heavy atom. The number of anilines is 1. The largest absolute Gasteiger partial charge is 0.495 e. The van der Waals surface area contributed by atoms with Gasteiger partial charge < -0.3 is 10.1 Å². The summed E-state index contributed by atoms with van der Waals surface area (Å²) in [6, 6.07) is 11.9. The van der Waals surface area contributed by atoms with E-state index in [0.717, 1.165) is 10.5 Å². The zero-order chi connectivity index (χ0) is 23.9. The normalized spacial score (nSPS) is 11.6. The van der Waals surface area contributed by atoms with Crippen LogP contribution in [0, 0.1) is 0 Å². The van der Waals surface area contributed by atoms with Crippen LogP contribution in [0.1, 0.15) is 16.2 Å². The highest BCUT2D eigenvalue weighted by atomic mass is 79.9. The summed E-state index contributed by atoms with van der Waals surface area (Å²) >= 11 is 15.5. The number of fused-ring (bicyclic) bond motifs is 1. The first-order valence-corrected chi connectivity index (χ1v) is 10.7. The molecule has 4 rings (SSSR count). The molecule has 0 aliphatic carbocycles. The Kier molecular flexibility index (Phi) is 6.26. The van der Waals surface area contributed by atoms with Gasteiger partial charge in [0.1, 0.15) is 10.8 Å². The highest BCUT2D eigenvalue weighted by Gasteiger charge is 2.36. The van der Waals surface area contributed by atoms with E-state index in [9.17, 15) is 18.0 Å². The fourth-order valence-electron chi connectivity index (χ4n) is 3.06. The monoisotopic (exact) mass is 558 g/mol. The number of halogens is 6. The Hall–Kier alpha value is -2.82. The van der Waals surface area contributed by atoms with Crippen molar-refractivity contribution >= 4 is 56.4 Å². The van der Waals surface area contributed by atoms with Crippen LogP contribution in [0.15, 0.2) is 53.0 Å². The van der Waals surface area contributed by atoms with Gasteiger partial charge >= 0.3 is 6.18 Å². The summed E-state index contributed by atoms with van der Waals surface area (Å²) < 4.78 is 47.9. The Morgan fingerprint density at radius 2 is 1.82 bits per heavy atom. The third-order valence-electron chi connectivity index (χ3n) is 4.59. The number of rotatable bonds is 4. The Morgan fingerprint density at radius 3 is 2.45 bits per heavy atom. The summed E-state index contributed by atoms with van der Waals surface area (Å²) in [5, 5.41) is 6.37. The van der Waals surface area contributed by atoms with Gasteiger partial charge in [-0.25, -0.2) is 9.50 Å². The van der Waals surface area contributed by atoms with Crippen LogP contribution in [-0.2, 0) is 6.18 Å². The van der Waals surface area contributed by atoms with Crippen molar-refractivity contribution in [2.24, 2.45) is 0 Å². The summed E-state index contributed by atoms with van der Waals surface area (Å²) in [4.78, 5) is 17.1. The number of ether oxygens (including phenoxy) is 1. The van der Waals surface area contributed by atoms with Crippen LogP contribution in [0.3, 0.4) is 0 Å². The van der Waals surface area contributed by atoms with Crippen LogP contribution in [0.5, 0.6) is 5.75 Å². The fourth-order valence-corrected chi connectivity index (χ4v) is 3.73. The summed E-state index contributed by atoms with van der Waals surface area (Å²) in [7, 11) is 1.38. The third-order valence-corrected chi connectivity index (χ3v) is 5.70. The molecule has 0 radical (unpaired) electrons. The molecule has 6 nitrogen and oxygen atoms in total. The smallest absolute Gasteiger partial charge is 0.433 e. The molecule has 33 heavy (non-hydrogen) atoms. The lowest BCUT2D eigenvalue weighted by Gasteiger charge is -2.11. The quantitative estimate of drug-likeness (QED) is 0.300. The molecule has 12 heteroatoms. The second-order valence-electron chi connectivity index (χ2n) is 6.73. The average molecular weight is 560 g/mol. The molecule has 0 aliphatic rings. The minimum Gasteiger partial charge on any atom is -0.495 e. The van der Waals surface area contributed by atoms with E-state index in [0.29, 0.717) is 15.1 Å². The first-order valence-electron chi connectivity index (χ1n) is 9.16. The van der Waals surface area contributed by atoms with E-state index in [-0.39, 0.29) is 27.8 Å². The van der Waals surface area contributed by atoms with Crippen LogP contribution in [0.2, 0.25) is 10.0 Å². The lowest BCUT2D eigenvalue weighted by Crippen LogP contribution is -2.16. The molecule has 2 aromatic heterocycles. The van der Waals surface area contributed by atoms with Gasteiger partial charge in [0.2, 0.25) is 0 Å². The summed E-state index contributed by atoms with van der Waals surface area (Å²) in [6.07, 6.45) is -4.78. The lowest BCUT2D eigenvalue weighted by molar-refractivity contribution is -0.142. The number of carbonyl (C=O) groups excluding carboxylic acids is 1. The predicted molar refractivity (Wildman–Crippen MR) is 122 cm³/mol. The maximum Gasteiger partial charge on any atom is 0.433 e. The molecule has 4 aromatic rings. The molecular formula is C21H12BrCl2F3N4O2. The van der Waals surface area contributed by atoms with Crippen molar-refractivity contribution in [2.75, 3.05) is 12.4 Å². The Labute approximate surface area is 203 Å². The minimum absolute atomic E-state index is 0.0236. The Balaban J connectivity index is 1.83. The number of alkyl halides is 3. The molecule has 0 unspecified atom stereocenters.